The quantitative estimate of drug-likeness (QED) is 0.395. The van der Waals surface area contributed by atoms with E-state index in [1.807, 2.05) is 4.90 Å². The second kappa shape index (κ2) is 8.45. The van der Waals surface area contributed by atoms with Crippen molar-refractivity contribution < 1.29 is 36.9 Å². The van der Waals surface area contributed by atoms with Gasteiger partial charge in [-0.1, -0.05) is 11.6 Å². The molecular weight excluding hydrogens is 520 g/mol. The maximum atomic E-state index is 15.4. The van der Waals surface area contributed by atoms with Gasteiger partial charge < -0.3 is 19.5 Å². The van der Waals surface area contributed by atoms with Gasteiger partial charge in [-0.05, 0) is 47.5 Å². The molecule has 202 valence electrons. The van der Waals surface area contributed by atoms with Gasteiger partial charge in [0.2, 0.25) is 5.88 Å². The molecule has 2 saturated heterocycles. The van der Waals surface area contributed by atoms with Crippen LogP contribution >= 0.6 is 11.6 Å². The molecule has 5 rings (SSSR count). The Morgan fingerprint density at radius 3 is 2.51 bits per heavy atom. The highest BCUT2D eigenvalue weighted by molar-refractivity contribution is 6.30. The highest BCUT2D eigenvalue weighted by Crippen LogP contribution is 2.49. The summed E-state index contributed by atoms with van der Waals surface area (Å²) in [4.78, 5) is 25.1. The van der Waals surface area contributed by atoms with Crippen LogP contribution in [0.5, 0.6) is 5.88 Å². The Balaban J connectivity index is 1.70. The van der Waals surface area contributed by atoms with E-state index in [-0.39, 0.29) is 41.4 Å². The number of alkyl halides is 3. The third kappa shape index (κ3) is 4.12. The summed E-state index contributed by atoms with van der Waals surface area (Å²) in [6, 6.07) is -1.08. The number of rotatable bonds is 1. The van der Waals surface area contributed by atoms with Crippen LogP contribution in [0.25, 0.3) is 10.8 Å². The molecule has 2 aromatic heterocycles. The van der Waals surface area contributed by atoms with Crippen molar-refractivity contribution in [2.75, 3.05) is 11.4 Å². The number of aromatic nitrogens is 2. The predicted molar refractivity (Wildman–Crippen MR) is 126 cm³/mol. The van der Waals surface area contributed by atoms with Gasteiger partial charge in [-0.15, -0.1) is 0 Å². The predicted octanol–water partition coefficient (Wildman–Crippen LogP) is 5.06. The zero-order valence-electron chi connectivity index (χ0n) is 20.9. The standard InChI is InChI=1S/C24H27ClF4N4O4/c1-9-13(18(34)24(27,28)29)14-15-20(30-9)32-8-11-6-7-12(33(11)22(35)37-23(3,4)5)17(32)10(2)36-21(15)31-19(25)16(14)26/h10-12,17-18,34H,6-8H2,1-5H3/t10-,11+,12-,17+,18?/m0/s1. The number of halogens is 5. The van der Waals surface area contributed by atoms with Crippen molar-refractivity contribution in [3.63, 3.8) is 0 Å². The molecule has 3 aliphatic rings. The molecule has 0 radical (unpaired) electrons. The Labute approximate surface area is 215 Å². The fourth-order valence-corrected chi connectivity index (χ4v) is 6.01. The average Bonchev–Trinajstić information content (AvgIpc) is 3.01. The number of piperazine rings is 1. The number of aryl methyl sites for hydroxylation is 1. The molecule has 1 N–H and O–H groups in total. The average molecular weight is 547 g/mol. The van der Waals surface area contributed by atoms with E-state index < -0.39 is 58.0 Å². The third-order valence-corrected chi connectivity index (χ3v) is 7.42. The highest BCUT2D eigenvalue weighted by Gasteiger charge is 2.54. The first-order valence-electron chi connectivity index (χ1n) is 12.0. The molecule has 13 heteroatoms. The normalized spacial score (nSPS) is 26.0. The van der Waals surface area contributed by atoms with Crippen molar-refractivity contribution in [3.8, 4) is 5.88 Å². The summed E-state index contributed by atoms with van der Waals surface area (Å²) in [5.74, 6) is -1.20. The van der Waals surface area contributed by atoms with Gasteiger partial charge in [0.15, 0.2) is 17.1 Å². The number of pyridine rings is 2. The van der Waals surface area contributed by atoms with Crippen molar-refractivity contribution in [2.24, 2.45) is 0 Å². The van der Waals surface area contributed by atoms with Crippen LogP contribution in [0.15, 0.2) is 0 Å². The van der Waals surface area contributed by atoms with Gasteiger partial charge in [-0.2, -0.15) is 18.2 Å². The summed E-state index contributed by atoms with van der Waals surface area (Å²) in [6.07, 6.45) is -7.83. The van der Waals surface area contributed by atoms with E-state index in [9.17, 15) is 23.1 Å². The highest BCUT2D eigenvalue weighted by atomic mass is 35.5. The van der Waals surface area contributed by atoms with E-state index in [1.165, 1.54) is 6.92 Å². The van der Waals surface area contributed by atoms with Gasteiger partial charge in [-0.3, -0.25) is 4.90 Å². The van der Waals surface area contributed by atoms with Crippen molar-refractivity contribution in [1.29, 1.82) is 0 Å². The van der Waals surface area contributed by atoms with Gasteiger partial charge in [0.05, 0.1) is 23.5 Å². The monoisotopic (exact) mass is 546 g/mol. The first kappa shape index (κ1) is 26.0. The van der Waals surface area contributed by atoms with Crippen molar-refractivity contribution in [2.45, 2.75) is 89.6 Å². The van der Waals surface area contributed by atoms with E-state index in [4.69, 9.17) is 21.1 Å². The summed E-state index contributed by atoms with van der Waals surface area (Å²) in [7, 11) is 0. The fourth-order valence-electron chi connectivity index (χ4n) is 5.84. The number of anilines is 1. The zero-order chi connectivity index (χ0) is 27.2. The molecule has 0 spiro atoms. The fraction of sp³-hybridized carbons (Fsp3) is 0.625. The molecule has 3 aliphatic heterocycles. The van der Waals surface area contributed by atoms with Crippen LogP contribution in [0, 0.1) is 12.7 Å². The van der Waals surface area contributed by atoms with Gasteiger partial charge >= 0.3 is 12.3 Å². The van der Waals surface area contributed by atoms with E-state index in [1.54, 1.807) is 32.6 Å². The lowest BCUT2D eigenvalue weighted by atomic mass is 9.96. The number of aliphatic hydroxyl groups excluding tert-OH is 1. The van der Waals surface area contributed by atoms with Crippen molar-refractivity contribution in [1.82, 2.24) is 14.9 Å². The minimum atomic E-state index is -5.07. The lowest BCUT2D eigenvalue weighted by Gasteiger charge is -2.48. The Bertz CT molecular complexity index is 1280. The molecule has 5 heterocycles. The smallest absolute Gasteiger partial charge is 0.418 e. The van der Waals surface area contributed by atoms with E-state index >= 15 is 4.39 Å². The molecule has 0 aromatic carbocycles. The lowest BCUT2D eigenvalue weighted by Crippen LogP contribution is -2.65. The molecule has 2 aromatic rings. The number of hydrogen-bond donors (Lipinski definition) is 1. The Morgan fingerprint density at radius 2 is 1.89 bits per heavy atom. The third-order valence-electron chi connectivity index (χ3n) is 7.17. The molecule has 8 nitrogen and oxygen atoms in total. The number of carbonyl (C=O) groups excluding carboxylic acids is 1. The number of ether oxygens (including phenoxy) is 2. The second-order valence-electron chi connectivity index (χ2n) is 10.8. The largest absolute Gasteiger partial charge is 0.472 e. The van der Waals surface area contributed by atoms with Crippen molar-refractivity contribution in [3.05, 3.63) is 22.2 Å². The molecule has 2 bridgehead atoms. The summed E-state index contributed by atoms with van der Waals surface area (Å²) in [5.41, 5.74) is -1.64. The summed E-state index contributed by atoms with van der Waals surface area (Å²) < 4.78 is 67.9. The molecule has 1 unspecified atom stereocenters. The van der Waals surface area contributed by atoms with Crippen LogP contribution in [0.3, 0.4) is 0 Å². The number of hydrogen-bond acceptors (Lipinski definition) is 7. The topological polar surface area (TPSA) is 88.0 Å². The van der Waals surface area contributed by atoms with Gasteiger partial charge in [0, 0.05) is 23.2 Å². The van der Waals surface area contributed by atoms with Gasteiger partial charge in [0.25, 0.3) is 0 Å². The number of fused-ring (bicyclic) bond motifs is 5. The minimum absolute atomic E-state index is 0.0923. The second-order valence-corrected chi connectivity index (χ2v) is 11.2. The van der Waals surface area contributed by atoms with E-state index in [0.717, 1.165) is 0 Å². The maximum absolute atomic E-state index is 15.4. The number of aliphatic hydroxyl groups is 1. The zero-order valence-corrected chi connectivity index (χ0v) is 21.6. The van der Waals surface area contributed by atoms with Crippen LogP contribution in [-0.2, 0) is 4.74 Å². The van der Waals surface area contributed by atoms with Gasteiger partial charge in [0.1, 0.15) is 17.5 Å². The molecule has 1 amide bonds. The van der Waals surface area contributed by atoms with Crippen LogP contribution < -0.4 is 9.64 Å². The lowest BCUT2D eigenvalue weighted by molar-refractivity contribution is -0.206. The minimum Gasteiger partial charge on any atom is -0.472 e. The summed E-state index contributed by atoms with van der Waals surface area (Å²) >= 11 is 6.00. The molecule has 5 atom stereocenters. The molecular formula is C24H27ClF4N4O4. The van der Waals surface area contributed by atoms with Crippen LogP contribution in [0.2, 0.25) is 5.15 Å². The van der Waals surface area contributed by atoms with Crippen LogP contribution in [-0.4, -0.2) is 68.6 Å². The van der Waals surface area contributed by atoms with E-state index in [0.29, 0.717) is 12.8 Å². The van der Waals surface area contributed by atoms with Crippen LogP contribution in [0.4, 0.5) is 28.2 Å². The molecule has 37 heavy (non-hydrogen) atoms. The van der Waals surface area contributed by atoms with Crippen LogP contribution in [0.1, 0.15) is 57.9 Å². The number of amides is 1. The molecule has 0 aliphatic carbocycles. The first-order chi connectivity index (χ1) is 17.1. The summed E-state index contributed by atoms with van der Waals surface area (Å²) in [6.45, 7) is 8.65. The number of nitrogens with zero attached hydrogens (tertiary/aromatic N) is 4. The Morgan fingerprint density at radius 1 is 1.22 bits per heavy atom. The number of carbonyl (C=O) groups is 1. The first-order valence-corrected chi connectivity index (χ1v) is 12.4. The van der Waals surface area contributed by atoms with Crippen molar-refractivity contribution >= 4 is 34.3 Å². The van der Waals surface area contributed by atoms with Gasteiger partial charge in [-0.25, -0.2) is 14.2 Å². The molecule has 2 fully saturated rings. The van der Waals surface area contributed by atoms with E-state index in [2.05, 4.69) is 9.97 Å². The Hall–Kier alpha value is -2.60. The Kier molecular flexibility index (Phi) is 5.95. The summed E-state index contributed by atoms with van der Waals surface area (Å²) in [5, 5.41) is 8.85. The molecule has 0 saturated carbocycles. The SMILES string of the molecule is Cc1nc2c3c(nc(Cl)c(F)c3c1C(O)C(F)(F)F)O[C@@H](C)[C@@H]1[C@@H]3CC[C@H](CN21)N3C(=O)OC(C)(C)C. The maximum Gasteiger partial charge on any atom is 0.418 e.